The van der Waals surface area contributed by atoms with E-state index in [9.17, 15) is 21.4 Å². The number of allylic oxidation sites excluding steroid dienone is 2. The molecule has 1 unspecified atom stereocenters. The Morgan fingerprint density at radius 1 is 1.03 bits per heavy atom. The second-order valence-electron chi connectivity index (χ2n) is 8.41. The molecule has 8 nitrogen and oxygen atoms in total. The molecular weight excluding hydrogens is 464 g/mol. The van der Waals surface area contributed by atoms with Gasteiger partial charge in [0.2, 0.25) is 0 Å². The van der Waals surface area contributed by atoms with Gasteiger partial charge >= 0.3 is 0 Å². The summed E-state index contributed by atoms with van der Waals surface area (Å²) < 4.78 is 64.3. The smallest absolute Gasteiger partial charge is 0.294 e. The number of para-hydroxylation sites is 1. The van der Waals surface area contributed by atoms with Gasteiger partial charge in [-0.15, -0.1) is 0 Å². The number of benzene rings is 2. The Hall–Kier alpha value is -2.66. The van der Waals surface area contributed by atoms with E-state index in [-0.39, 0.29) is 23.1 Å². The number of fused-ring (bicyclic) bond motifs is 1. The molecule has 0 spiro atoms. The molecule has 0 radical (unpaired) electrons. The molecule has 1 aliphatic rings. The normalized spacial score (nSPS) is 18.2. The maximum atomic E-state index is 11.7. The zero-order chi connectivity index (χ0) is 24.3. The molecule has 0 bridgehead atoms. The van der Waals surface area contributed by atoms with Crippen molar-refractivity contribution in [2.75, 3.05) is 22.5 Å². The van der Waals surface area contributed by atoms with Crippen molar-refractivity contribution < 1.29 is 25.9 Å². The molecule has 3 N–H and O–H groups in total. The largest absolute Gasteiger partial charge is 0.364 e. The highest BCUT2D eigenvalue weighted by molar-refractivity contribution is 7.86. The highest BCUT2D eigenvalue weighted by Gasteiger charge is 2.43. The van der Waals surface area contributed by atoms with Crippen LogP contribution in [0.1, 0.15) is 25.8 Å². The van der Waals surface area contributed by atoms with Crippen molar-refractivity contribution in [3.63, 3.8) is 0 Å². The molecule has 2 aromatic carbocycles. The van der Waals surface area contributed by atoms with Crippen LogP contribution in [0.25, 0.3) is 0 Å². The van der Waals surface area contributed by atoms with Crippen LogP contribution < -0.4 is 10.2 Å². The molecule has 3 rings (SSSR count). The summed E-state index contributed by atoms with van der Waals surface area (Å²) in [6, 6.07) is 13.9. The Bertz CT molecular complexity index is 1250. The maximum absolute atomic E-state index is 11.7. The van der Waals surface area contributed by atoms with Gasteiger partial charge in [-0.2, -0.15) is 16.8 Å². The highest BCUT2D eigenvalue weighted by Crippen LogP contribution is 2.46. The topological polar surface area (TPSA) is 124 Å². The zero-order valence-corrected chi connectivity index (χ0v) is 20.1. The summed E-state index contributed by atoms with van der Waals surface area (Å²) >= 11 is 0. The molecule has 10 heteroatoms. The summed E-state index contributed by atoms with van der Waals surface area (Å²) in [6.07, 6.45) is 7.66. The number of hydrogen-bond acceptors (Lipinski definition) is 6. The molecule has 1 atom stereocenters. The first kappa shape index (κ1) is 25.0. The molecule has 0 aliphatic carbocycles. The van der Waals surface area contributed by atoms with E-state index in [2.05, 4.69) is 5.32 Å². The summed E-state index contributed by atoms with van der Waals surface area (Å²) in [5.41, 5.74) is 1.89. The fourth-order valence-electron chi connectivity index (χ4n) is 4.07. The lowest BCUT2D eigenvalue weighted by molar-refractivity contribution is 0.466. The Morgan fingerprint density at radius 3 is 2.36 bits per heavy atom. The molecule has 0 amide bonds. The Morgan fingerprint density at radius 2 is 1.73 bits per heavy atom. The molecular formula is C23H28N2O6S2. The lowest BCUT2D eigenvalue weighted by Crippen LogP contribution is -2.40. The van der Waals surface area contributed by atoms with E-state index in [1.54, 1.807) is 12.3 Å². The van der Waals surface area contributed by atoms with E-state index in [4.69, 9.17) is 4.55 Å². The summed E-state index contributed by atoms with van der Waals surface area (Å²) in [5, 5.41) is 3.16. The van der Waals surface area contributed by atoms with Gasteiger partial charge in [0.25, 0.3) is 20.2 Å². The predicted molar refractivity (Wildman–Crippen MR) is 130 cm³/mol. The molecule has 0 saturated carbocycles. The summed E-state index contributed by atoms with van der Waals surface area (Å²) in [5.74, 6) is -0.375. The number of nitrogens with zero attached hydrogens (tertiary/aromatic N) is 1. The minimum atomic E-state index is -4.36. The lowest BCUT2D eigenvalue weighted by atomic mass is 9.80. The molecule has 1 aliphatic heterocycles. The average molecular weight is 493 g/mol. The van der Waals surface area contributed by atoms with E-state index < -0.39 is 25.7 Å². The summed E-state index contributed by atoms with van der Waals surface area (Å²) in [7, 11) is -8.46. The summed E-state index contributed by atoms with van der Waals surface area (Å²) in [6.45, 7) is 4.26. The van der Waals surface area contributed by atoms with E-state index in [0.717, 1.165) is 16.9 Å². The molecule has 33 heavy (non-hydrogen) atoms. The van der Waals surface area contributed by atoms with Crippen molar-refractivity contribution in [2.45, 2.75) is 36.6 Å². The first-order chi connectivity index (χ1) is 15.4. The van der Waals surface area contributed by atoms with Crippen molar-refractivity contribution in [3.8, 4) is 0 Å². The maximum Gasteiger partial charge on any atom is 0.294 e. The van der Waals surface area contributed by atoms with Crippen LogP contribution in [0, 0.1) is 0 Å². The third-order valence-electron chi connectivity index (χ3n) is 5.67. The van der Waals surface area contributed by atoms with Gasteiger partial charge in [0.15, 0.2) is 0 Å². The first-order valence-electron chi connectivity index (χ1n) is 10.4. The third kappa shape index (κ3) is 6.23. The Labute approximate surface area is 195 Å². The van der Waals surface area contributed by atoms with Crippen LogP contribution in [0.2, 0.25) is 0 Å². The number of nitrogens with one attached hydrogen (secondary N) is 1. The van der Waals surface area contributed by atoms with Crippen molar-refractivity contribution in [1.82, 2.24) is 0 Å². The van der Waals surface area contributed by atoms with Crippen LogP contribution in [0.3, 0.4) is 0 Å². The van der Waals surface area contributed by atoms with E-state index >= 15 is 0 Å². The minimum Gasteiger partial charge on any atom is -0.364 e. The van der Waals surface area contributed by atoms with Crippen LogP contribution in [-0.4, -0.2) is 44.3 Å². The average Bonchev–Trinajstić information content (AvgIpc) is 2.93. The van der Waals surface area contributed by atoms with Gasteiger partial charge in [-0.3, -0.25) is 9.11 Å². The van der Waals surface area contributed by atoms with Crippen molar-refractivity contribution in [3.05, 3.63) is 78.5 Å². The number of hydrogen-bond donors (Lipinski definition) is 3. The Kier molecular flexibility index (Phi) is 7.32. The fraction of sp³-hybridized carbons (Fsp3) is 0.304. The van der Waals surface area contributed by atoms with Crippen LogP contribution in [0.4, 0.5) is 11.4 Å². The molecule has 0 saturated heterocycles. The van der Waals surface area contributed by atoms with Gasteiger partial charge < -0.3 is 10.2 Å². The SMILES string of the molecule is CC1(C)c2cc(S(=O)(=O)O)ccc2N(CCCS(=O)(=O)O)C1/C=C/C=C/Nc1ccccc1. The monoisotopic (exact) mass is 492 g/mol. The van der Waals surface area contributed by atoms with E-state index in [1.807, 2.05) is 67.3 Å². The zero-order valence-electron chi connectivity index (χ0n) is 18.4. The number of rotatable bonds is 9. The Balaban J connectivity index is 1.87. The standard InChI is InChI=1S/C23H28N2O6S2/c1-23(2)20-17-19(33(29,30)31)12-13-21(20)25(15-8-16-32(26,27)28)22(23)11-6-7-14-24-18-9-4-3-5-10-18/h3-7,9-14,17,22,24H,8,15-16H2,1-2H3,(H,26,27,28)(H,29,30,31)/b11-6+,14-7+. The molecule has 0 fully saturated rings. The molecule has 1 heterocycles. The first-order valence-corrected chi connectivity index (χ1v) is 13.4. The predicted octanol–water partition coefficient (Wildman–Crippen LogP) is 3.86. The van der Waals surface area contributed by atoms with Crippen molar-refractivity contribution in [2.24, 2.45) is 0 Å². The van der Waals surface area contributed by atoms with Gasteiger partial charge in [0.05, 0.1) is 16.7 Å². The third-order valence-corrected chi connectivity index (χ3v) is 7.32. The van der Waals surface area contributed by atoms with E-state index in [0.29, 0.717) is 6.54 Å². The summed E-state index contributed by atoms with van der Waals surface area (Å²) in [4.78, 5) is 1.80. The lowest BCUT2D eigenvalue weighted by Gasteiger charge is -2.32. The minimum absolute atomic E-state index is 0.191. The van der Waals surface area contributed by atoms with Gasteiger partial charge in [0, 0.05) is 29.5 Å². The van der Waals surface area contributed by atoms with Crippen LogP contribution in [0.5, 0.6) is 0 Å². The van der Waals surface area contributed by atoms with Crippen LogP contribution >= 0.6 is 0 Å². The molecule has 0 aromatic heterocycles. The van der Waals surface area contributed by atoms with Crippen molar-refractivity contribution >= 4 is 31.6 Å². The van der Waals surface area contributed by atoms with Crippen LogP contribution in [0.15, 0.2) is 77.9 Å². The fourth-order valence-corrected chi connectivity index (χ4v) is 5.07. The second-order valence-corrected chi connectivity index (χ2v) is 11.4. The van der Waals surface area contributed by atoms with Crippen molar-refractivity contribution in [1.29, 1.82) is 0 Å². The van der Waals surface area contributed by atoms with Crippen LogP contribution in [-0.2, 0) is 25.7 Å². The van der Waals surface area contributed by atoms with Gasteiger partial charge in [0.1, 0.15) is 0 Å². The second kappa shape index (κ2) is 9.68. The quantitative estimate of drug-likeness (QED) is 0.356. The highest BCUT2D eigenvalue weighted by atomic mass is 32.2. The van der Waals surface area contributed by atoms with Gasteiger partial charge in [-0.05, 0) is 48.4 Å². The molecule has 178 valence electrons. The number of anilines is 2. The molecule has 2 aromatic rings. The van der Waals surface area contributed by atoms with Gasteiger partial charge in [-0.1, -0.05) is 44.2 Å². The van der Waals surface area contributed by atoms with Gasteiger partial charge in [-0.25, -0.2) is 0 Å². The van der Waals surface area contributed by atoms with E-state index in [1.165, 1.54) is 12.1 Å².